The van der Waals surface area contributed by atoms with Crippen molar-refractivity contribution in [1.29, 1.82) is 0 Å². The highest BCUT2D eigenvalue weighted by Crippen LogP contribution is 2.44. The summed E-state index contributed by atoms with van der Waals surface area (Å²) in [4.78, 5) is 2.65. The molecule has 2 N–H and O–H groups in total. The number of hydrogen-bond donors (Lipinski definition) is 1. The molecule has 3 rings (SSSR count). The Morgan fingerprint density at radius 3 is 2.74 bits per heavy atom. The largest absolute Gasteiger partial charge is 0.330 e. The van der Waals surface area contributed by atoms with Crippen molar-refractivity contribution in [2.75, 3.05) is 13.1 Å². The van der Waals surface area contributed by atoms with E-state index in [1.54, 1.807) is 0 Å². The van der Waals surface area contributed by atoms with Gasteiger partial charge in [-0.2, -0.15) is 0 Å². The third-order valence-electron chi connectivity index (χ3n) is 4.39. The van der Waals surface area contributed by atoms with Gasteiger partial charge in [-0.15, -0.1) is 0 Å². The number of piperidine rings is 1. The van der Waals surface area contributed by atoms with Crippen molar-refractivity contribution in [3.8, 4) is 0 Å². The minimum absolute atomic E-state index is 0.409. The van der Waals surface area contributed by atoms with Crippen LogP contribution in [0.1, 0.15) is 37.3 Å². The van der Waals surface area contributed by atoms with E-state index < -0.39 is 0 Å². The van der Waals surface area contributed by atoms with E-state index >= 15 is 0 Å². The molecule has 2 fully saturated rings. The molecule has 4 heteroatoms. The lowest BCUT2D eigenvalue weighted by Gasteiger charge is -2.42. The predicted molar refractivity (Wildman–Crippen MR) is 83.4 cm³/mol. The average Bonchev–Trinajstić information content (AvgIpc) is 3.22. The van der Waals surface area contributed by atoms with E-state index in [2.05, 4.69) is 33.0 Å². The van der Waals surface area contributed by atoms with Crippen molar-refractivity contribution in [2.45, 2.75) is 37.8 Å². The van der Waals surface area contributed by atoms with Crippen LogP contribution < -0.4 is 5.73 Å². The fourth-order valence-corrected chi connectivity index (χ4v) is 4.13. The number of nitrogens with two attached hydrogens (primary N) is 1. The average molecular weight is 344 g/mol. The molecule has 1 saturated carbocycles. The van der Waals surface area contributed by atoms with Gasteiger partial charge in [0.05, 0.1) is 0 Å². The molecule has 0 aromatic heterocycles. The summed E-state index contributed by atoms with van der Waals surface area (Å²) in [5.74, 6) is 0.535. The van der Waals surface area contributed by atoms with E-state index in [0.717, 1.165) is 22.1 Å². The molecule has 1 aliphatic heterocycles. The molecule has 104 valence electrons. The van der Waals surface area contributed by atoms with Gasteiger partial charge in [-0.25, -0.2) is 0 Å². The van der Waals surface area contributed by atoms with Crippen LogP contribution in [-0.4, -0.2) is 24.0 Å². The lowest BCUT2D eigenvalue weighted by Crippen LogP contribution is -2.42. The van der Waals surface area contributed by atoms with Gasteiger partial charge in [0.15, 0.2) is 0 Å². The quantitative estimate of drug-likeness (QED) is 0.899. The third-order valence-corrected chi connectivity index (χ3v) is 5.22. The van der Waals surface area contributed by atoms with Gasteiger partial charge in [-0.1, -0.05) is 33.6 Å². The summed E-state index contributed by atoms with van der Waals surface area (Å²) in [5, 5.41) is 0.866. The van der Waals surface area contributed by atoms with Crippen LogP contribution in [0.15, 0.2) is 22.7 Å². The summed E-state index contributed by atoms with van der Waals surface area (Å²) < 4.78 is 1.04. The first-order valence-corrected chi connectivity index (χ1v) is 8.28. The Kier molecular flexibility index (Phi) is 4.18. The number of benzene rings is 1. The Hall–Kier alpha value is -0.0900. The van der Waals surface area contributed by atoms with Gasteiger partial charge in [0.25, 0.3) is 0 Å². The summed E-state index contributed by atoms with van der Waals surface area (Å²) in [5.41, 5.74) is 7.27. The van der Waals surface area contributed by atoms with E-state index in [1.807, 2.05) is 6.07 Å². The monoisotopic (exact) mass is 342 g/mol. The summed E-state index contributed by atoms with van der Waals surface area (Å²) in [7, 11) is 0. The van der Waals surface area contributed by atoms with E-state index in [-0.39, 0.29) is 0 Å². The van der Waals surface area contributed by atoms with Crippen LogP contribution in [0.5, 0.6) is 0 Å². The Morgan fingerprint density at radius 2 is 2.11 bits per heavy atom. The maximum atomic E-state index is 6.48. The minimum atomic E-state index is 0.409. The van der Waals surface area contributed by atoms with E-state index in [9.17, 15) is 0 Å². The standard InChI is InChI=1S/C15H20BrClN2/c16-11-3-6-13(14(17)8-11)15-10(9-18)2-1-7-19(15)12-4-5-12/h3,6,8,10,12,15H,1-2,4-5,7,9,18H2. The molecule has 0 amide bonds. The topological polar surface area (TPSA) is 29.3 Å². The zero-order chi connectivity index (χ0) is 13.4. The van der Waals surface area contributed by atoms with Crippen LogP contribution in [0.25, 0.3) is 0 Å². The maximum Gasteiger partial charge on any atom is 0.0465 e. The Bertz CT molecular complexity index is 461. The highest BCUT2D eigenvalue weighted by Gasteiger charge is 2.40. The zero-order valence-corrected chi connectivity index (χ0v) is 13.3. The SMILES string of the molecule is NCC1CCCN(C2CC2)C1c1ccc(Br)cc1Cl. The van der Waals surface area contributed by atoms with Crippen LogP contribution in [0.2, 0.25) is 5.02 Å². The molecular formula is C15H20BrClN2. The molecule has 19 heavy (non-hydrogen) atoms. The number of likely N-dealkylation sites (tertiary alicyclic amines) is 1. The zero-order valence-electron chi connectivity index (χ0n) is 11.0. The third kappa shape index (κ3) is 2.85. The fourth-order valence-electron chi connectivity index (χ4n) is 3.34. The lowest BCUT2D eigenvalue weighted by atomic mass is 9.84. The van der Waals surface area contributed by atoms with Crippen molar-refractivity contribution >= 4 is 27.5 Å². The molecule has 2 aliphatic rings. The number of nitrogens with zero attached hydrogens (tertiary/aromatic N) is 1. The number of halogens is 2. The molecule has 1 aromatic carbocycles. The summed E-state index contributed by atoms with van der Waals surface area (Å²) >= 11 is 9.96. The molecule has 0 spiro atoms. The highest BCUT2D eigenvalue weighted by molar-refractivity contribution is 9.10. The van der Waals surface area contributed by atoms with Gasteiger partial charge in [-0.05, 0) is 62.4 Å². The molecule has 2 unspecified atom stereocenters. The molecule has 2 nitrogen and oxygen atoms in total. The van der Waals surface area contributed by atoms with Gasteiger partial charge >= 0.3 is 0 Å². The van der Waals surface area contributed by atoms with Crippen LogP contribution >= 0.6 is 27.5 Å². The smallest absolute Gasteiger partial charge is 0.0465 e. The second-order valence-electron chi connectivity index (χ2n) is 5.72. The highest BCUT2D eigenvalue weighted by atomic mass is 79.9. The van der Waals surface area contributed by atoms with Gasteiger partial charge in [0.2, 0.25) is 0 Å². The first-order chi connectivity index (χ1) is 9.20. The summed E-state index contributed by atoms with van der Waals surface area (Å²) in [6.07, 6.45) is 5.16. The van der Waals surface area contributed by atoms with Crippen molar-refractivity contribution in [3.05, 3.63) is 33.3 Å². The van der Waals surface area contributed by atoms with Gasteiger partial charge < -0.3 is 5.73 Å². The van der Waals surface area contributed by atoms with Gasteiger partial charge in [0.1, 0.15) is 0 Å². The Balaban J connectivity index is 1.95. The molecule has 1 aliphatic carbocycles. The van der Waals surface area contributed by atoms with Crippen LogP contribution in [0, 0.1) is 5.92 Å². The van der Waals surface area contributed by atoms with E-state index in [1.165, 1.54) is 37.8 Å². The molecule has 0 bridgehead atoms. The van der Waals surface area contributed by atoms with E-state index in [4.69, 9.17) is 17.3 Å². The van der Waals surface area contributed by atoms with Crippen LogP contribution in [0.4, 0.5) is 0 Å². The second-order valence-corrected chi connectivity index (χ2v) is 7.04. The van der Waals surface area contributed by atoms with Crippen molar-refractivity contribution in [1.82, 2.24) is 4.90 Å². The first kappa shape index (κ1) is 13.9. The lowest BCUT2D eigenvalue weighted by molar-refractivity contribution is 0.0880. The number of rotatable bonds is 3. The fraction of sp³-hybridized carbons (Fsp3) is 0.600. The van der Waals surface area contributed by atoms with Crippen LogP contribution in [-0.2, 0) is 0 Å². The first-order valence-electron chi connectivity index (χ1n) is 7.11. The molecule has 0 radical (unpaired) electrons. The molecule has 1 saturated heterocycles. The predicted octanol–water partition coefficient (Wildman–Crippen LogP) is 3.98. The van der Waals surface area contributed by atoms with Crippen LogP contribution in [0.3, 0.4) is 0 Å². The normalized spacial score (nSPS) is 28.6. The summed E-state index contributed by atoms with van der Waals surface area (Å²) in [6.45, 7) is 1.94. The second kappa shape index (κ2) is 5.72. The molecule has 1 aromatic rings. The number of hydrogen-bond acceptors (Lipinski definition) is 2. The molecule has 2 atom stereocenters. The Morgan fingerprint density at radius 1 is 1.32 bits per heavy atom. The van der Waals surface area contributed by atoms with Crippen molar-refractivity contribution in [3.63, 3.8) is 0 Å². The molecule has 1 heterocycles. The Labute approximate surface area is 128 Å². The minimum Gasteiger partial charge on any atom is -0.330 e. The van der Waals surface area contributed by atoms with Crippen molar-refractivity contribution in [2.24, 2.45) is 11.7 Å². The van der Waals surface area contributed by atoms with Crippen molar-refractivity contribution < 1.29 is 0 Å². The van der Waals surface area contributed by atoms with E-state index in [0.29, 0.717) is 12.0 Å². The summed E-state index contributed by atoms with van der Waals surface area (Å²) in [6, 6.07) is 7.44. The van der Waals surface area contributed by atoms with Gasteiger partial charge in [0, 0.05) is 21.6 Å². The van der Waals surface area contributed by atoms with Gasteiger partial charge in [-0.3, -0.25) is 4.90 Å². The molecular weight excluding hydrogens is 324 g/mol. The maximum absolute atomic E-state index is 6.48.